The second-order valence-corrected chi connectivity index (χ2v) is 7.89. The highest BCUT2D eigenvalue weighted by Gasteiger charge is 2.45. The van der Waals surface area contributed by atoms with Gasteiger partial charge in [0, 0.05) is 23.5 Å². The van der Waals surface area contributed by atoms with Crippen LogP contribution in [0.2, 0.25) is 0 Å². The van der Waals surface area contributed by atoms with E-state index in [-0.39, 0.29) is 11.3 Å². The third kappa shape index (κ3) is 3.08. The van der Waals surface area contributed by atoms with Gasteiger partial charge in [0.1, 0.15) is 5.58 Å². The zero-order chi connectivity index (χ0) is 22.4. The third-order valence-electron chi connectivity index (χ3n) is 5.73. The second kappa shape index (κ2) is 7.50. The standard InChI is InChI=1S/C26H20N2O4/c1-15-9-10-16(2)19(12-15)28-23(18-7-5-11-27-14-18)22(25(30)26(28)31)24(29)21-13-17-6-3-4-8-20(17)32-21/h3-14,23,30H,1-2H3. The van der Waals surface area contributed by atoms with Gasteiger partial charge in [-0.1, -0.05) is 36.4 Å². The molecule has 3 heterocycles. The van der Waals surface area contributed by atoms with Crippen molar-refractivity contribution >= 4 is 28.3 Å². The predicted octanol–water partition coefficient (Wildman–Crippen LogP) is 5.23. The Balaban J connectivity index is 1.69. The van der Waals surface area contributed by atoms with Crippen LogP contribution in [0.15, 0.2) is 88.8 Å². The van der Waals surface area contributed by atoms with Crippen molar-refractivity contribution in [1.82, 2.24) is 4.98 Å². The van der Waals surface area contributed by atoms with Gasteiger partial charge < -0.3 is 9.52 Å². The van der Waals surface area contributed by atoms with Crippen LogP contribution in [0.25, 0.3) is 11.0 Å². The SMILES string of the molecule is Cc1ccc(C)c(N2C(=O)C(O)=C(C(=O)c3cc4ccccc4o3)C2c2cccnc2)c1. The van der Waals surface area contributed by atoms with Gasteiger partial charge in [-0.2, -0.15) is 0 Å². The molecular formula is C26H20N2O4. The number of hydrogen-bond donors (Lipinski definition) is 1. The highest BCUT2D eigenvalue weighted by molar-refractivity contribution is 6.20. The number of amides is 1. The molecule has 2 aromatic carbocycles. The number of anilines is 1. The molecule has 6 heteroatoms. The molecule has 4 aromatic rings. The molecule has 0 radical (unpaired) electrons. The van der Waals surface area contributed by atoms with Crippen LogP contribution in [-0.2, 0) is 4.79 Å². The van der Waals surface area contributed by atoms with Gasteiger partial charge in [-0.05, 0) is 54.8 Å². The minimum Gasteiger partial charge on any atom is -0.503 e. The summed E-state index contributed by atoms with van der Waals surface area (Å²) in [5, 5.41) is 11.7. The van der Waals surface area contributed by atoms with Gasteiger partial charge in [0.15, 0.2) is 11.5 Å². The topological polar surface area (TPSA) is 83.6 Å². The number of fused-ring (bicyclic) bond motifs is 1. The van der Waals surface area contributed by atoms with Gasteiger partial charge in [-0.15, -0.1) is 0 Å². The van der Waals surface area contributed by atoms with Gasteiger partial charge in [-0.25, -0.2) is 0 Å². The maximum Gasteiger partial charge on any atom is 0.294 e. The number of rotatable bonds is 4. The van der Waals surface area contributed by atoms with E-state index in [1.807, 2.05) is 50.2 Å². The number of aliphatic hydroxyl groups is 1. The molecule has 1 aliphatic heterocycles. The van der Waals surface area contributed by atoms with Crippen molar-refractivity contribution in [3.8, 4) is 0 Å². The molecule has 0 fully saturated rings. The van der Waals surface area contributed by atoms with E-state index in [0.29, 0.717) is 16.8 Å². The zero-order valence-electron chi connectivity index (χ0n) is 17.6. The Morgan fingerprint density at radius 1 is 1.06 bits per heavy atom. The summed E-state index contributed by atoms with van der Waals surface area (Å²) in [6.45, 7) is 3.81. The molecule has 0 saturated carbocycles. The Morgan fingerprint density at radius 2 is 1.88 bits per heavy atom. The molecule has 0 aliphatic carbocycles. The molecule has 1 aliphatic rings. The van der Waals surface area contributed by atoms with Crippen molar-refractivity contribution in [1.29, 1.82) is 0 Å². The molecule has 1 N–H and O–H groups in total. The Hall–Kier alpha value is -4.19. The zero-order valence-corrected chi connectivity index (χ0v) is 17.6. The summed E-state index contributed by atoms with van der Waals surface area (Å²) in [6, 6.07) is 17.3. The van der Waals surface area contributed by atoms with Crippen LogP contribution in [0.1, 0.15) is 33.3 Å². The molecular weight excluding hydrogens is 404 g/mol. The minimum absolute atomic E-state index is 0.0250. The number of Topliss-reactive ketones (excluding diaryl/α,β-unsaturated/α-hetero) is 1. The van der Waals surface area contributed by atoms with E-state index in [1.54, 1.807) is 36.7 Å². The average Bonchev–Trinajstić information content (AvgIpc) is 3.35. The van der Waals surface area contributed by atoms with E-state index in [2.05, 4.69) is 4.98 Å². The van der Waals surface area contributed by atoms with Crippen LogP contribution >= 0.6 is 0 Å². The maximum absolute atomic E-state index is 13.6. The number of aromatic nitrogens is 1. The minimum atomic E-state index is -0.836. The number of hydrogen-bond acceptors (Lipinski definition) is 5. The fourth-order valence-corrected chi connectivity index (χ4v) is 4.14. The van der Waals surface area contributed by atoms with Crippen molar-refractivity contribution in [3.05, 3.63) is 107 Å². The molecule has 6 nitrogen and oxygen atoms in total. The van der Waals surface area contributed by atoms with E-state index >= 15 is 0 Å². The van der Waals surface area contributed by atoms with E-state index < -0.39 is 23.5 Å². The summed E-state index contributed by atoms with van der Waals surface area (Å²) >= 11 is 0. The summed E-state index contributed by atoms with van der Waals surface area (Å²) in [5.41, 5.74) is 3.59. The number of para-hydroxylation sites is 1. The lowest BCUT2D eigenvalue weighted by molar-refractivity contribution is -0.117. The first kappa shape index (κ1) is 19.8. The van der Waals surface area contributed by atoms with Crippen LogP contribution in [0, 0.1) is 13.8 Å². The van der Waals surface area contributed by atoms with Crippen molar-refractivity contribution in [2.24, 2.45) is 0 Å². The normalized spacial score (nSPS) is 16.2. The van der Waals surface area contributed by atoms with Crippen LogP contribution in [0.3, 0.4) is 0 Å². The molecule has 0 bridgehead atoms. The summed E-state index contributed by atoms with van der Waals surface area (Å²) in [5.74, 6) is -1.68. The third-order valence-corrected chi connectivity index (χ3v) is 5.73. The largest absolute Gasteiger partial charge is 0.503 e. The molecule has 5 rings (SSSR count). The Bertz CT molecular complexity index is 1370. The van der Waals surface area contributed by atoms with Gasteiger partial charge >= 0.3 is 0 Å². The Kier molecular flexibility index (Phi) is 4.63. The molecule has 1 amide bonds. The van der Waals surface area contributed by atoms with Gasteiger partial charge in [-0.3, -0.25) is 19.5 Å². The van der Waals surface area contributed by atoms with Crippen molar-refractivity contribution in [3.63, 3.8) is 0 Å². The van der Waals surface area contributed by atoms with Gasteiger partial charge in [0.2, 0.25) is 5.78 Å². The van der Waals surface area contributed by atoms with Crippen molar-refractivity contribution in [2.75, 3.05) is 4.90 Å². The van der Waals surface area contributed by atoms with E-state index in [0.717, 1.165) is 16.5 Å². The molecule has 1 unspecified atom stereocenters. The molecule has 0 saturated heterocycles. The highest BCUT2D eigenvalue weighted by atomic mass is 16.3. The lowest BCUT2D eigenvalue weighted by atomic mass is 9.95. The monoisotopic (exact) mass is 424 g/mol. The number of ketones is 1. The highest BCUT2D eigenvalue weighted by Crippen LogP contribution is 2.43. The summed E-state index contributed by atoms with van der Waals surface area (Å²) in [4.78, 5) is 32.5. The fourth-order valence-electron chi connectivity index (χ4n) is 4.14. The number of carbonyl (C=O) groups is 2. The van der Waals surface area contributed by atoms with Crippen LogP contribution in [0.4, 0.5) is 5.69 Å². The molecule has 2 aromatic heterocycles. The molecule has 158 valence electrons. The van der Waals surface area contributed by atoms with E-state index in [9.17, 15) is 14.7 Å². The van der Waals surface area contributed by atoms with Crippen LogP contribution < -0.4 is 4.90 Å². The lowest BCUT2D eigenvalue weighted by Crippen LogP contribution is -2.31. The Labute approximate surface area is 184 Å². The number of carbonyl (C=O) groups excluding carboxylic acids is 2. The van der Waals surface area contributed by atoms with Gasteiger partial charge in [0.05, 0.1) is 11.6 Å². The van der Waals surface area contributed by atoms with Crippen molar-refractivity contribution < 1.29 is 19.1 Å². The Morgan fingerprint density at radius 3 is 2.62 bits per heavy atom. The molecule has 32 heavy (non-hydrogen) atoms. The number of aryl methyl sites for hydroxylation is 2. The second-order valence-electron chi connectivity index (χ2n) is 7.89. The lowest BCUT2D eigenvalue weighted by Gasteiger charge is -2.28. The van der Waals surface area contributed by atoms with E-state index in [1.165, 1.54) is 4.90 Å². The first-order valence-electron chi connectivity index (χ1n) is 10.2. The van der Waals surface area contributed by atoms with E-state index in [4.69, 9.17) is 4.42 Å². The van der Waals surface area contributed by atoms with Crippen LogP contribution in [-0.4, -0.2) is 21.8 Å². The first-order valence-corrected chi connectivity index (χ1v) is 10.2. The number of aliphatic hydroxyl groups excluding tert-OH is 1. The maximum atomic E-state index is 13.6. The number of benzene rings is 2. The summed E-state index contributed by atoms with van der Waals surface area (Å²) < 4.78 is 5.75. The van der Waals surface area contributed by atoms with Crippen LogP contribution in [0.5, 0.6) is 0 Å². The number of nitrogens with zero attached hydrogens (tertiary/aromatic N) is 2. The summed E-state index contributed by atoms with van der Waals surface area (Å²) in [7, 11) is 0. The number of pyridine rings is 1. The number of furan rings is 1. The molecule has 0 spiro atoms. The molecule has 1 atom stereocenters. The quantitative estimate of drug-likeness (QED) is 0.454. The smallest absolute Gasteiger partial charge is 0.294 e. The van der Waals surface area contributed by atoms with Crippen molar-refractivity contribution in [2.45, 2.75) is 19.9 Å². The average molecular weight is 424 g/mol. The fraction of sp³-hybridized carbons (Fsp3) is 0.115. The van der Waals surface area contributed by atoms with Gasteiger partial charge in [0.25, 0.3) is 5.91 Å². The predicted molar refractivity (Wildman–Crippen MR) is 121 cm³/mol. The summed E-state index contributed by atoms with van der Waals surface area (Å²) in [6.07, 6.45) is 3.22. The first-order chi connectivity index (χ1) is 15.5.